The first kappa shape index (κ1) is 14.5. The molecule has 0 aliphatic carbocycles. The molecule has 1 heterocycles. The summed E-state index contributed by atoms with van der Waals surface area (Å²) in [5, 5.41) is 0. The predicted molar refractivity (Wildman–Crippen MR) is 68.7 cm³/mol. The van der Waals surface area contributed by atoms with Crippen molar-refractivity contribution in [2.24, 2.45) is 11.7 Å². The van der Waals surface area contributed by atoms with Crippen LogP contribution >= 0.6 is 0 Å². The van der Waals surface area contributed by atoms with Crippen molar-refractivity contribution in [2.45, 2.75) is 52.2 Å². The largest absolute Gasteiger partial charge is 0.459 e. The van der Waals surface area contributed by atoms with Crippen molar-refractivity contribution in [2.75, 3.05) is 19.6 Å². The number of rotatable bonds is 3. The Kier molecular flexibility index (Phi) is 4.95. The Bertz CT molecular complexity index is 261. The van der Waals surface area contributed by atoms with Gasteiger partial charge in [0.15, 0.2) is 0 Å². The molecule has 0 aromatic heterocycles. The highest BCUT2D eigenvalue weighted by Gasteiger charge is 2.27. The molecule has 1 saturated heterocycles. The molecule has 2 unspecified atom stereocenters. The van der Waals surface area contributed by atoms with Gasteiger partial charge in [-0.2, -0.15) is 0 Å². The molecule has 0 saturated carbocycles. The van der Waals surface area contributed by atoms with Crippen LogP contribution < -0.4 is 5.73 Å². The van der Waals surface area contributed by atoms with Crippen molar-refractivity contribution in [3.8, 4) is 0 Å². The Labute approximate surface area is 104 Å². The highest BCUT2D eigenvalue weighted by molar-refractivity contribution is 5.72. The number of esters is 1. The van der Waals surface area contributed by atoms with Gasteiger partial charge in [-0.25, -0.2) is 0 Å². The summed E-state index contributed by atoms with van der Waals surface area (Å²) in [7, 11) is 0. The molecular formula is C13H26N2O2. The maximum atomic E-state index is 11.7. The van der Waals surface area contributed by atoms with Gasteiger partial charge in [-0.1, -0.05) is 13.3 Å². The first-order chi connectivity index (χ1) is 7.81. The van der Waals surface area contributed by atoms with E-state index in [2.05, 4.69) is 11.8 Å². The number of hydrogen-bond acceptors (Lipinski definition) is 4. The number of piperidine rings is 1. The minimum atomic E-state index is -0.395. The number of nitrogens with two attached hydrogens (primary N) is 1. The Balaban J connectivity index is 2.40. The average Bonchev–Trinajstić information content (AvgIpc) is 2.18. The molecular weight excluding hydrogens is 216 g/mol. The number of likely N-dealkylation sites (tertiary alicyclic amines) is 1. The first-order valence-corrected chi connectivity index (χ1v) is 6.51. The van der Waals surface area contributed by atoms with Crippen LogP contribution in [-0.2, 0) is 9.53 Å². The molecule has 1 aliphatic rings. The Morgan fingerprint density at radius 3 is 2.65 bits per heavy atom. The topological polar surface area (TPSA) is 55.6 Å². The Hall–Kier alpha value is -0.610. The quantitative estimate of drug-likeness (QED) is 0.760. The second-order valence-corrected chi connectivity index (χ2v) is 5.94. The second kappa shape index (κ2) is 5.83. The van der Waals surface area contributed by atoms with Crippen molar-refractivity contribution < 1.29 is 9.53 Å². The first-order valence-electron chi connectivity index (χ1n) is 6.51. The summed E-state index contributed by atoms with van der Waals surface area (Å²) in [6.45, 7) is 10.0. The number of carbonyl (C=O) groups is 1. The number of carbonyl (C=O) groups excluding carboxylic acids is 1. The van der Waals surface area contributed by atoms with Crippen LogP contribution in [0.25, 0.3) is 0 Å². The van der Waals surface area contributed by atoms with E-state index in [1.165, 1.54) is 0 Å². The van der Waals surface area contributed by atoms with Crippen LogP contribution in [0.1, 0.15) is 40.5 Å². The molecule has 4 heteroatoms. The molecule has 1 rings (SSSR count). The van der Waals surface area contributed by atoms with E-state index in [1.807, 2.05) is 20.8 Å². The van der Waals surface area contributed by atoms with E-state index in [0.29, 0.717) is 12.5 Å². The van der Waals surface area contributed by atoms with Crippen LogP contribution in [0.15, 0.2) is 0 Å². The lowest BCUT2D eigenvalue weighted by Gasteiger charge is -2.36. The van der Waals surface area contributed by atoms with Crippen molar-refractivity contribution in [3.05, 3.63) is 0 Å². The third-order valence-corrected chi connectivity index (χ3v) is 3.17. The van der Waals surface area contributed by atoms with Gasteiger partial charge >= 0.3 is 5.97 Å². The SMILES string of the molecule is CCC1CN(CC(=O)OC(C)(C)C)CCC1N. The predicted octanol–water partition coefficient (Wildman–Crippen LogP) is 1.39. The lowest BCUT2D eigenvalue weighted by atomic mass is 9.91. The molecule has 0 radical (unpaired) electrons. The van der Waals surface area contributed by atoms with E-state index in [9.17, 15) is 4.79 Å². The van der Waals surface area contributed by atoms with Crippen LogP contribution in [0.5, 0.6) is 0 Å². The van der Waals surface area contributed by atoms with Gasteiger partial charge in [0.05, 0.1) is 6.54 Å². The molecule has 0 aromatic rings. The summed E-state index contributed by atoms with van der Waals surface area (Å²) in [5.41, 5.74) is 5.65. The summed E-state index contributed by atoms with van der Waals surface area (Å²) in [5.74, 6) is 0.369. The molecule has 100 valence electrons. The molecule has 2 atom stereocenters. The molecule has 0 aromatic carbocycles. The maximum Gasteiger partial charge on any atom is 0.320 e. The highest BCUT2D eigenvalue weighted by atomic mass is 16.6. The summed E-state index contributed by atoms with van der Waals surface area (Å²) < 4.78 is 5.32. The van der Waals surface area contributed by atoms with Crippen LogP contribution in [0.4, 0.5) is 0 Å². The fourth-order valence-electron chi connectivity index (χ4n) is 2.26. The molecule has 1 aliphatic heterocycles. The van der Waals surface area contributed by atoms with E-state index < -0.39 is 5.60 Å². The lowest BCUT2D eigenvalue weighted by molar-refractivity contribution is -0.156. The van der Waals surface area contributed by atoms with Crippen LogP contribution in [0, 0.1) is 5.92 Å². The molecule has 2 N–H and O–H groups in total. The van der Waals surface area contributed by atoms with Gasteiger partial charge in [-0.05, 0) is 33.1 Å². The zero-order chi connectivity index (χ0) is 13.1. The van der Waals surface area contributed by atoms with Gasteiger partial charge < -0.3 is 10.5 Å². The third kappa shape index (κ3) is 5.04. The molecule has 17 heavy (non-hydrogen) atoms. The van der Waals surface area contributed by atoms with Crippen molar-refractivity contribution in [1.29, 1.82) is 0 Å². The fourth-order valence-corrected chi connectivity index (χ4v) is 2.26. The van der Waals surface area contributed by atoms with Crippen molar-refractivity contribution in [3.63, 3.8) is 0 Å². The molecule has 0 spiro atoms. The second-order valence-electron chi connectivity index (χ2n) is 5.94. The fraction of sp³-hybridized carbons (Fsp3) is 0.923. The van der Waals surface area contributed by atoms with Gasteiger partial charge in [-0.3, -0.25) is 9.69 Å². The van der Waals surface area contributed by atoms with Crippen molar-refractivity contribution in [1.82, 2.24) is 4.90 Å². The Morgan fingerprint density at radius 2 is 2.12 bits per heavy atom. The van der Waals surface area contributed by atoms with Crippen LogP contribution in [0.2, 0.25) is 0 Å². The molecule has 1 fully saturated rings. The number of nitrogens with zero attached hydrogens (tertiary/aromatic N) is 1. The number of hydrogen-bond donors (Lipinski definition) is 1. The molecule has 0 bridgehead atoms. The van der Waals surface area contributed by atoms with Gasteiger partial charge in [0.25, 0.3) is 0 Å². The normalized spacial score (nSPS) is 26.9. The standard InChI is InChI=1S/C13H26N2O2/c1-5-10-8-15(7-6-11(10)14)9-12(16)17-13(2,3)4/h10-11H,5-9,14H2,1-4H3. The average molecular weight is 242 g/mol. The van der Waals surface area contributed by atoms with E-state index in [-0.39, 0.29) is 12.0 Å². The summed E-state index contributed by atoms with van der Waals surface area (Å²) in [6, 6.07) is 0.287. The zero-order valence-electron chi connectivity index (χ0n) is 11.5. The summed E-state index contributed by atoms with van der Waals surface area (Å²) in [6.07, 6.45) is 2.05. The third-order valence-electron chi connectivity index (χ3n) is 3.17. The van der Waals surface area contributed by atoms with Crippen molar-refractivity contribution >= 4 is 5.97 Å². The smallest absolute Gasteiger partial charge is 0.320 e. The van der Waals surface area contributed by atoms with Gasteiger partial charge in [0.1, 0.15) is 5.60 Å². The summed E-state index contributed by atoms with van der Waals surface area (Å²) in [4.78, 5) is 13.9. The minimum absolute atomic E-state index is 0.136. The van der Waals surface area contributed by atoms with Gasteiger partial charge in [-0.15, -0.1) is 0 Å². The molecule has 4 nitrogen and oxygen atoms in total. The van der Waals surface area contributed by atoms with Crippen LogP contribution in [-0.4, -0.2) is 42.1 Å². The maximum absolute atomic E-state index is 11.7. The van der Waals surface area contributed by atoms with Gasteiger partial charge in [0.2, 0.25) is 0 Å². The lowest BCUT2D eigenvalue weighted by Crippen LogP contribution is -2.48. The van der Waals surface area contributed by atoms with E-state index in [4.69, 9.17) is 10.5 Å². The Morgan fingerprint density at radius 1 is 1.47 bits per heavy atom. The highest BCUT2D eigenvalue weighted by Crippen LogP contribution is 2.18. The monoisotopic (exact) mass is 242 g/mol. The zero-order valence-corrected chi connectivity index (χ0v) is 11.5. The number of ether oxygens (including phenoxy) is 1. The minimum Gasteiger partial charge on any atom is -0.459 e. The van der Waals surface area contributed by atoms with E-state index in [1.54, 1.807) is 0 Å². The van der Waals surface area contributed by atoms with Gasteiger partial charge in [0, 0.05) is 19.1 Å². The van der Waals surface area contributed by atoms with Crippen LogP contribution in [0.3, 0.4) is 0 Å². The molecule has 0 amide bonds. The summed E-state index contributed by atoms with van der Waals surface area (Å²) >= 11 is 0. The van der Waals surface area contributed by atoms with E-state index >= 15 is 0 Å². The van der Waals surface area contributed by atoms with E-state index in [0.717, 1.165) is 25.9 Å².